The fourth-order valence-electron chi connectivity index (χ4n) is 3.00. The van der Waals surface area contributed by atoms with E-state index in [1.54, 1.807) is 37.6 Å². The average molecular weight is 512 g/mol. The number of carbonyl (C=O) groups excluding carboxylic acids is 1. The van der Waals surface area contributed by atoms with Gasteiger partial charge in [-0.1, -0.05) is 47.1 Å². The highest BCUT2D eigenvalue weighted by Gasteiger charge is 2.17. The summed E-state index contributed by atoms with van der Waals surface area (Å²) in [5.74, 6) is 1.21. The third-order valence-electron chi connectivity index (χ3n) is 4.67. The zero-order chi connectivity index (χ0) is 23.9. The van der Waals surface area contributed by atoms with Crippen molar-refractivity contribution in [2.75, 3.05) is 12.9 Å². The van der Waals surface area contributed by atoms with Crippen LogP contribution in [-0.2, 0) is 4.79 Å². The lowest BCUT2D eigenvalue weighted by Crippen LogP contribution is -2.20. The summed E-state index contributed by atoms with van der Waals surface area (Å²) in [6.45, 7) is 0. The van der Waals surface area contributed by atoms with Gasteiger partial charge in [0.25, 0.3) is 5.91 Å². The van der Waals surface area contributed by atoms with Gasteiger partial charge in [0.05, 0.1) is 19.1 Å². The number of nitrogens with one attached hydrogen (secondary N) is 1. The van der Waals surface area contributed by atoms with Crippen LogP contribution in [0.2, 0.25) is 10.0 Å². The van der Waals surface area contributed by atoms with Crippen molar-refractivity contribution in [3.05, 3.63) is 88.4 Å². The normalized spacial score (nSPS) is 11.0. The predicted octanol–water partition coefficient (Wildman–Crippen LogP) is 5.49. The summed E-state index contributed by atoms with van der Waals surface area (Å²) >= 11 is 13.2. The number of hydrazone groups is 1. The van der Waals surface area contributed by atoms with Crippen LogP contribution in [0.4, 0.5) is 0 Å². The lowest BCUT2D eigenvalue weighted by atomic mass is 10.2. The van der Waals surface area contributed by atoms with Crippen LogP contribution in [0.15, 0.2) is 83.1 Å². The smallest absolute Gasteiger partial charge is 0.250 e. The molecule has 0 atom stereocenters. The molecule has 0 saturated carbocycles. The first-order valence-electron chi connectivity index (χ1n) is 10.1. The highest BCUT2D eigenvalue weighted by molar-refractivity contribution is 7.99. The maximum atomic E-state index is 12.3. The average Bonchev–Trinajstić information content (AvgIpc) is 3.28. The molecule has 10 heteroatoms. The number of halogens is 2. The molecule has 0 aliphatic carbocycles. The van der Waals surface area contributed by atoms with Crippen molar-refractivity contribution >= 4 is 47.1 Å². The quantitative estimate of drug-likeness (QED) is 0.192. The molecule has 1 aromatic heterocycles. The number of nitrogens with zero attached hydrogens (tertiary/aromatic N) is 4. The lowest BCUT2D eigenvalue weighted by Gasteiger charge is -2.11. The fourth-order valence-corrected chi connectivity index (χ4v) is 4.00. The number of aromatic nitrogens is 3. The molecular weight excluding hydrogens is 493 g/mol. The number of carbonyl (C=O) groups is 1. The highest BCUT2D eigenvalue weighted by Crippen LogP contribution is 2.29. The van der Waals surface area contributed by atoms with E-state index in [2.05, 4.69) is 20.7 Å². The molecule has 1 N–H and O–H groups in total. The monoisotopic (exact) mass is 511 g/mol. The van der Waals surface area contributed by atoms with Crippen LogP contribution in [0.3, 0.4) is 0 Å². The maximum absolute atomic E-state index is 12.3. The second kappa shape index (κ2) is 11.2. The molecule has 0 unspecified atom stereocenters. The van der Waals surface area contributed by atoms with E-state index < -0.39 is 0 Å². The SMILES string of the molecule is COc1ccc(-c2nnc(SCC(=O)NN=Cc3ccc(Cl)cc3)n2-c2ccc(Cl)cc2)cc1. The Morgan fingerprint density at radius 1 is 1.00 bits per heavy atom. The molecule has 0 fully saturated rings. The summed E-state index contributed by atoms with van der Waals surface area (Å²) in [6.07, 6.45) is 1.55. The molecule has 0 radical (unpaired) electrons. The topological polar surface area (TPSA) is 81.4 Å². The van der Waals surface area contributed by atoms with Crippen molar-refractivity contribution in [1.29, 1.82) is 0 Å². The Bertz CT molecular complexity index is 1290. The van der Waals surface area contributed by atoms with Crippen molar-refractivity contribution in [3.8, 4) is 22.8 Å². The van der Waals surface area contributed by atoms with Gasteiger partial charge in [0.2, 0.25) is 0 Å². The van der Waals surface area contributed by atoms with E-state index in [-0.39, 0.29) is 11.7 Å². The molecule has 4 aromatic rings. The van der Waals surface area contributed by atoms with Gasteiger partial charge >= 0.3 is 0 Å². The zero-order valence-corrected chi connectivity index (χ0v) is 20.3. The van der Waals surface area contributed by atoms with Gasteiger partial charge in [-0.15, -0.1) is 10.2 Å². The van der Waals surface area contributed by atoms with Gasteiger partial charge in [0.15, 0.2) is 11.0 Å². The molecule has 0 aliphatic rings. The summed E-state index contributed by atoms with van der Waals surface area (Å²) < 4.78 is 7.13. The van der Waals surface area contributed by atoms with Crippen LogP contribution in [0.25, 0.3) is 17.1 Å². The van der Waals surface area contributed by atoms with Gasteiger partial charge in [-0.3, -0.25) is 9.36 Å². The van der Waals surface area contributed by atoms with Gasteiger partial charge in [-0.2, -0.15) is 5.10 Å². The van der Waals surface area contributed by atoms with Gasteiger partial charge in [-0.25, -0.2) is 5.43 Å². The Morgan fingerprint density at radius 2 is 1.65 bits per heavy atom. The van der Waals surface area contributed by atoms with E-state index in [9.17, 15) is 4.79 Å². The zero-order valence-electron chi connectivity index (χ0n) is 18.0. The molecule has 0 spiro atoms. The van der Waals surface area contributed by atoms with Crippen LogP contribution < -0.4 is 10.2 Å². The van der Waals surface area contributed by atoms with Gasteiger partial charge in [0.1, 0.15) is 5.75 Å². The summed E-state index contributed by atoms with van der Waals surface area (Å²) in [7, 11) is 1.62. The van der Waals surface area contributed by atoms with E-state index in [0.29, 0.717) is 21.0 Å². The summed E-state index contributed by atoms with van der Waals surface area (Å²) in [5.41, 5.74) is 5.02. The number of ether oxygens (including phenoxy) is 1. The molecule has 34 heavy (non-hydrogen) atoms. The van der Waals surface area contributed by atoms with Crippen molar-refractivity contribution in [3.63, 3.8) is 0 Å². The maximum Gasteiger partial charge on any atom is 0.250 e. The first-order chi connectivity index (χ1) is 16.5. The Balaban J connectivity index is 1.51. The second-order valence-electron chi connectivity index (χ2n) is 6.98. The molecule has 1 amide bonds. The van der Waals surface area contributed by atoms with E-state index in [1.807, 2.05) is 53.1 Å². The minimum absolute atomic E-state index is 0.103. The largest absolute Gasteiger partial charge is 0.497 e. The van der Waals surface area contributed by atoms with E-state index in [4.69, 9.17) is 27.9 Å². The van der Waals surface area contributed by atoms with E-state index in [1.165, 1.54) is 11.8 Å². The highest BCUT2D eigenvalue weighted by atomic mass is 35.5. The molecule has 1 heterocycles. The van der Waals surface area contributed by atoms with Crippen LogP contribution >= 0.6 is 35.0 Å². The van der Waals surface area contributed by atoms with Crippen molar-refractivity contribution in [2.24, 2.45) is 5.10 Å². The third kappa shape index (κ3) is 5.96. The lowest BCUT2D eigenvalue weighted by molar-refractivity contribution is -0.118. The first kappa shape index (κ1) is 23.8. The number of thioether (sulfide) groups is 1. The molecule has 172 valence electrons. The Morgan fingerprint density at radius 3 is 2.29 bits per heavy atom. The van der Waals surface area contributed by atoms with Crippen molar-refractivity contribution in [1.82, 2.24) is 20.2 Å². The Kier molecular flexibility index (Phi) is 7.84. The number of amides is 1. The molecule has 4 rings (SSSR count). The molecule has 0 aliphatic heterocycles. The van der Waals surface area contributed by atoms with Gasteiger partial charge < -0.3 is 4.74 Å². The number of benzene rings is 3. The van der Waals surface area contributed by atoms with Crippen molar-refractivity contribution in [2.45, 2.75) is 5.16 Å². The van der Waals surface area contributed by atoms with Crippen LogP contribution in [-0.4, -0.2) is 39.7 Å². The summed E-state index contributed by atoms with van der Waals surface area (Å²) in [6, 6.07) is 22.0. The standard InChI is InChI=1S/C24H19Cl2N5O2S/c1-33-21-12-4-17(5-13-21)23-29-30-24(31(23)20-10-8-19(26)9-11-20)34-15-22(32)28-27-14-16-2-6-18(25)7-3-16/h2-14H,15H2,1H3,(H,28,32). The van der Waals surface area contributed by atoms with Crippen LogP contribution in [0, 0.1) is 0 Å². The number of hydrogen-bond donors (Lipinski definition) is 1. The fraction of sp³-hybridized carbons (Fsp3) is 0.0833. The third-order valence-corrected chi connectivity index (χ3v) is 6.10. The number of rotatable bonds is 8. The van der Waals surface area contributed by atoms with Crippen molar-refractivity contribution < 1.29 is 9.53 Å². The molecular formula is C24H19Cl2N5O2S. The van der Waals surface area contributed by atoms with Crippen LogP contribution in [0.5, 0.6) is 5.75 Å². The first-order valence-corrected chi connectivity index (χ1v) is 11.8. The molecule has 0 saturated heterocycles. The molecule has 7 nitrogen and oxygen atoms in total. The van der Waals surface area contributed by atoms with E-state index >= 15 is 0 Å². The second-order valence-corrected chi connectivity index (χ2v) is 8.80. The van der Waals surface area contributed by atoms with Gasteiger partial charge in [0, 0.05) is 21.3 Å². The number of methoxy groups -OCH3 is 1. The Labute approximate surface area is 210 Å². The minimum atomic E-state index is -0.271. The van der Waals surface area contributed by atoms with Gasteiger partial charge in [-0.05, 0) is 66.2 Å². The Hall–Kier alpha value is -3.33. The summed E-state index contributed by atoms with van der Waals surface area (Å²) in [5, 5.41) is 14.5. The minimum Gasteiger partial charge on any atom is -0.497 e. The summed E-state index contributed by atoms with van der Waals surface area (Å²) in [4.78, 5) is 12.3. The molecule has 0 bridgehead atoms. The predicted molar refractivity (Wildman–Crippen MR) is 136 cm³/mol. The van der Waals surface area contributed by atoms with Crippen LogP contribution in [0.1, 0.15) is 5.56 Å². The number of hydrogen-bond acceptors (Lipinski definition) is 6. The molecule has 3 aromatic carbocycles. The van der Waals surface area contributed by atoms with E-state index in [0.717, 1.165) is 22.6 Å².